The first kappa shape index (κ1) is 10.3. The van der Waals surface area contributed by atoms with Gasteiger partial charge < -0.3 is 10.0 Å². The highest BCUT2D eigenvalue weighted by molar-refractivity contribution is 5.31. The molecule has 1 N–H and O–H groups in total. The lowest BCUT2D eigenvalue weighted by atomic mass is 10.0. The van der Waals surface area contributed by atoms with Crippen molar-refractivity contribution in [1.29, 1.82) is 0 Å². The topological polar surface area (TPSA) is 49.2 Å². The van der Waals surface area contributed by atoms with Gasteiger partial charge in [-0.05, 0) is 19.3 Å². The van der Waals surface area contributed by atoms with Crippen molar-refractivity contribution in [2.75, 3.05) is 18.1 Å². The molecule has 1 aliphatic heterocycles. The SMILES string of the molecule is OCC1CCCCN1c1ncc(F)cn1. The van der Waals surface area contributed by atoms with Gasteiger partial charge in [-0.25, -0.2) is 14.4 Å². The molecule has 0 amide bonds. The fourth-order valence-corrected chi connectivity index (χ4v) is 1.91. The number of hydrogen-bond donors (Lipinski definition) is 1. The van der Waals surface area contributed by atoms with Gasteiger partial charge >= 0.3 is 0 Å². The average Bonchev–Trinajstić information content (AvgIpc) is 2.30. The minimum absolute atomic E-state index is 0.0733. The molecule has 0 aliphatic carbocycles. The Bertz CT molecular complexity index is 317. The van der Waals surface area contributed by atoms with Gasteiger partial charge in [0, 0.05) is 6.54 Å². The van der Waals surface area contributed by atoms with E-state index in [2.05, 4.69) is 9.97 Å². The summed E-state index contributed by atoms with van der Waals surface area (Å²) in [6, 6.07) is 0.0733. The number of rotatable bonds is 2. The second-order valence-electron chi connectivity index (χ2n) is 3.73. The van der Waals surface area contributed by atoms with Crippen LogP contribution in [0, 0.1) is 5.82 Å². The maximum atomic E-state index is 12.6. The molecule has 0 aromatic carbocycles. The molecule has 0 bridgehead atoms. The maximum Gasteiger partial charge on any atom is 0.225 e. The van der Waals surface area contributed by atoms with Crippen molar-refractivity contribution in [3.8, 4) is 0 Å². The van der Waals surface area contributed by atoms with Crippen LogP contribution in [0.1, 0.15) is 19.3 Å². The number of halogens is 1. The molecule has 0 spiro atoms. The van der Waals surface area contributed by atoms with Crippen molar-refractivity contribution in [2.45, 2.75) is 25.3 Å². The van der Waals surface area contributed by atoms with Crippen molar-refractivity contribution < 1.29 is 9.50 Å². The number of aromatic nitrogens is 2. The van der Waals surface area contributed by atoms with E-state index in [-0.39, 0.29) is 12.6 Å². The Hall–Kier alpha value is -1.23. The monoisotopic (exact) mass is 211 g/mol. The lowest BCUT2D eigenvalue weighted by Crippen LogP contribution is -2.42. The lowest BCUT2D eigenvalue weighted by molar-refractivity contribution is 0.238. The van der Waals surface area contributed by atoms with Crippen LogP contribution < -0.4 is 4.90 Å². The van der Waals surface area contributed by atoms with Crippen LogP contribution in [0.4, 0.5) is 10.3 Å². The second kappa shape index (κ2) is 4.53. The van der Waals surface area contributed by atoms with Gasteiger partial charge in [-0.15, -0.1) is 0 Å². The summed E-state index contributed by atoms with van der Waals surface area (Å²) in [6.07, 6.45) is 5.44. The molecule has 1 fully saturated rings. The largest absolute Gasteiger partial charge is 0.394 e. The molecule has 4 nitrogen and oxygen atoms in total. The smallest absolute Gasteiger partial charge is 0.225 e. The highest BCUT2D eigenvalue weighted by Crippen LogP contribution is 2.20. The molecule has 1 atom stereocenters. The van der Waals surface area contributed by atoms with Crippen molar-refractivity contribution in [3.63, 3.8) is 0 Å². The summed E-state index contributed by atoms with van der Waals surface area (Å²) in [4.78, 5) is 9.81. The Morgan fingerprint density at radius 2 is 2.13 bits per heavy atom. The summed E-state index contributed by atoms with van der Waals surface area (Å²) < 4.78 is 12.6. The van der Waals surface area contributed by atoms with E-state index in [0.29, 0.717) is 5.95 Å². The number of piperidine rings is 1. The van der Waals surface area contributed by atoms with Gasteiger partial charge in [0.1, 0.15) is 0 Å². The van der Waals surface area contributed by atoms with E-state index in [4.69, 9.17) is 0 Å². The molecule has 1 aromatic heterocycles. The first-order valence-corrected chi connectivity index (χ1v) is 5.16. The lowest BCUT2D eigenvalue weighted by Gasteiger charge is -2.34. The molecule has 1 aromatic rings. The third-order valence-electron chi connectivity index (χ3n) is 2.70. The van der Waals surface area contributed by atoms with Crippen LogP contribution >= 0.6 is 0 Å². The van der Waals surface area contributed by atoms with Crippen molar-refractivity contribution in [1.82, 2.24) is 9.97 Å². The normalized spacial score (nSPS) is 21.7. The molecule has 1 aliphatic rings. The summed E-state index contributed by atoms with van der Waals surface area (Å²) in [5.74, 6) is 0.0754. The van der Waals surface area contributed by atoms with Gasteiger partial charge in [-0.3, -0.25) is 0 Å². The van der Waals surface area contributed by atoms with Crippen molar-refractivity contribution in [3.05, 3.63) is 18.2 Å². The van der Waals surface area contributed by atoms with Crippen LogP contribution in [0.3, 0.4) is 0 Å². The molecule has 15 heavy (non-hydrogen) atoms. The zero-order valence-corrected chi connectivity index (χ0v) is 8.43. The van der Waals surface area contributed by atoms with Crippen LogP contribution in [-0.4, -0.2) is 34.3 Å². The van der Waals surface area contributed by atoms with Crippen LogP contribution in [-0.2, 0) is 0 Å². The fourth-order valence-electron chi connectivity index (χ4n) is 1.91. The molecule has 0 radical (unpaired) electrons. The first-order chi connectivity index (χ1) is 7.31. The molecule has 0 saturated carbocycles. The first-order valence-electron chi connectivity index (χ1n) is 5.16. The van der Waals surface area contributed by atoms with E-state index >= 15 is 0 Å². The van der Waals surface area contributed by atoms with Gasteiger partial charge in [0.05, 0.1) is 25.0 Å². The molecule has 2 rings (SSSR count). The number of anilines is 1. The quantitative estimate of drug-likeness (QED) is 0.791. The second-order valence-corrected chi connectivity index (χ2v) is 3.73. The molecular formula is C10H14FN3O. The molecule has 82 valence electrons. The minimum Gasteiger partial charge on any atom is -0.394 e. The van der Waals surface area contributed by atoms with E-state index in [1.54, 1.807) is 0 Å². The highest BCUT2D eigenvalue weighted by atomic mass is 19.1. The standard InChI is InChI=1S/C10H14FN3O/c11-8-5-12-10(13-6-8)14-4-2-1-3-9(14)7-15/h5-6,9,15H,1-4,7H2. The minimum atomic E-state index is -0.434. The fraction of sp³-hybridized carbons (Fsp3) is 0.600. The molecular weight excluding hydrogens is 197 g/mol. The van der Waals surface area contributed by atoms with Crippen LogP contribution in [0.25, 0.3) is 0 Å². The number of aliphatic hydroxyl groups excluding tert-OH is 1. The van der Waals surface area contributed by atoms with E-state index in [1.165, 1.54) is 0 Å². The maximum absolute atomic E-state index is 12.6. The summed E-state index contributed by atoms with van der Waals surface area (Å²) in [6.45, 7) is 0.928. The van der Waals surface area contributed by atoms with Gasteiger partial charge in [0.15, 0.2) is 5.82 Å². The Labute approximate surface area is 87.8 Å². The highest BCUT2D eigenvalue weighted by Gasteiger charge is 2.23. The zero-order chi connectivity index (χ0) is 10.7. The van der Waals surface area contributed by atoms with Gasteiger partial charge in [-0.1, -0.05) is 0 Å². The van der Waals surface area contributed by atoms with Crippen LogP contribution in [0.5, 0.6) is 0 Å². The predicted octanol–water partition coefficient (Wildman–Crippen LogP) is 0.967. The van der Waals surface area contributed by atoms with Gasteiger partial charge in [-0.2, -0.15) is 0 Å². The molecule has 5 heteroatoms. The molecule has 1 unspecified atom stereocenters. The summed E-state index contributed by atoms with van der Waals surface area (Å²) in [7, 11) is 0. The number of aliphatic hydroxyl groups is 1. The predicted molar refractivity (Wildman–Crippen MR) is 54.1 cm³/mol. The van der Waals surface area contributed by atoms with E-state index in [0.717, 1.165) is 38.2 Å². The van der Waals surface area contributed by atoms with Crippen LogP contribution in [0.15, 0.2) is 12.4 Å². The molecule has 2 heterocycles. The van der Waals surface area contributed by atoms with E-state index < -0.39 is 5.82 Å². The average molecular weight is 211 g/mol. The van der Waals surface area contributed by atoms with E-state index in [1.807, 2.05) is 4.90 Å². The molecule has 1 saturated heterocycles. The Kier molecular flexibility index (Phi) is 3.11. The third kappa shape index (κ3) is 2.23. The van der Waals surface area contributed by atoms with Gasteiger partial charge in [0.2, 0.25) is 5.95 Å². The summed E-state index contributed by atoms with van der Waals surface area (Å²) in [5, 5.41) is 9.21. The number of hydrogen-bond acceptors (Lipinski definition) is 4. The summed E-state index contributed by atoms with van der Waals surface area (Å²) >= 11 is 0. The summed E-state index contributed by atoms with van der Waals surface area (Å²) in [5.41, 5.74) is 0. The Morgan fingerprint density at radius 3 is 2.80 bits per heavy atom. The van der Waals surface area contributed by atoms with E-state index in [9.17, 15) is 9.50 Å². The van der Waals surface area contributed by atoms with Crippen molar-refractivity contribution in [2.24, 2.45) is 0 Å². The Morgan fingerprint density at radius 1 is 1.40 bits per heavy atom. The van der Waals surface area contributed by atoms with Crippen molar-refractivity contribution >= 4 is 5.95 Å². The van der Waals surface area contributed by atoms with Crippen LogP contribution in [0.2, 0.25) is 0 Å². The van der Waals surface area contributed by atoms with Gasteiger partial charge in [0.25, 0.3) is 0 Å². The third-order valence-corrected chi connectivity index (χ3v) is 2.70. The Balaban J connectivity index is 2.16. The number of nitrogens with zero attached hydrogens (tertiary/aromatic N) is 3. The zero-order valence-electron chi connectivity index (χ0n) is 8.43.